The molecule has 0 aliphatic rings. The van der Waals surface area contributed by atoms with Crippen molar-refractivity contribution in [3.63, 3.8) is 0 Å². The van der Waals surface area contributed by atoms with Crippen LogP contribution >= 0.6 is 0 Å². The molecule has 0 fully saturated rings. The zero-order chi connectivity index (χ0) is 15.1. The molecule has 0 aliphatic heterocycles. The lowest BCUT2D eigenvalue weighted by molar-refractivity contribution is 0.131. The summed E-state index contributed by atoms with van der Waals surface area (Å²) in [4.78, 5) is 0. The molecule has 0 spiro atoms. The Morgan fingerprint density at radius 2 is 1.24 bits per heavy atom. The number of allylic oxidation sites excluding steroid dienone is 2. The Bertz CT molecular complexity index is 599. The predicted molar refractivity (Wildman–Crippen MR) is 91.3 cm³/mol. The van der Waals surface area contributed by atoms with Crippen LogP contribution in [-0.4, -0.2) is 5.60 Å². The van der Waals surface area contributed by atoms with Crippen molar-refractivity contribution >= 4 is 12.2 Å². The highest BCUT2D eigenvalue weighted by Gasteiger charge is 2.10. The van der Waals surface area contributed by atoms with Crippen molar-refractivity contribution in [3.8, 4) is 5.75 Å². The first-order chi connectivity index (χ1) is 10.0. The molecule has 2 aromatic rings. The molecule has 0 N–H and O–H groups in total. The van der Waals surface area contributed by atoms with E-state index in [2.05, 4.69) is 63.3 Å². The molecule has 2 aromatic carbocycles. The number of hydrogen-bond acceptors (Lipinski definition) is 1. The Labute approximate surface area is 127 Å². The molecular formula is C20H22O. The standard InChI is InChI=1S/C20H22O/c1-20(2,3)21-19-15-13-18(14-16-19)12-8-7-11-17-9-5-4-6-10-17/h4-16H,1-3H3. The quantitative estimate of drug-likeness (QED) is 0.662. The van der Waals surface area contributed by atoms with Gasteiger partial charge in [0.05, 0.1) is 0 Å². The maximum Gasteiger partial charge on any atom is 0.120 e. The van der Waals surface area contributed by atoms with Gasteiger partial charge in [-0.3, -0.25) is 0 Å². The van der Waals surface area contributed by atoms with Crippen LogP contribution in [0.1, 0.15) is 31.9 Å². The fourth-order valence-corrected chi connectivity index (χ4v) is 1.90. The molecule has 0 unspecified atom stereocenters. The molecule has 0 amide bonds. The van der Waals surface area contributed by atoms with Crippen LogP contribution in [0.2, 0.25) is 0 Å². The third-order valence-electron chi connectivity index (χ3n) is 2.79. The predicted octanol–water partition coefficient (Wildman–Crippen LogP) is 5.59. The number of rotatable bonds is 4. The molecule has 0 bridgehead atoms. The number of benzene rings is 2. The minimum Gasteiger partial charge on any atom is -0.488 e. The molecule has 0 saturated heterocycles. The summed E-state index contributed by atoms with van der Waals surface area (Å²) in [5.74, 6) is 0.902. The van der Waals surface area contributed by atoms with Gasteiger partial charge in [0.15, 0.2) is 0 Å². The Morgan fingerprint density at radius 3 is 1.76 bits per heavy atom. The second-order valence-electron chi connectivity index (χ2n) is 5.91. The maximum absolute atomic E-state index is 5.80. The van der Waals surface area contributed by atoms with Crippen molar-refractivity contribution in [2.75, 3.05) is 0 Å². The average molecular weight is 278 g/mol. The second kappa shape index (κ2) is 6.94. The summed E-state index contributed by atoms with van der Waals surface area (Å²) in [7, 11) is 0. The first kappa shape index (κ1) is 15.1. The Kier molecular flexibility index (Phi) is 4.99. The topological polar surface area (TPSA) is 9.23 Å². The summed E-state index contributed by atoms with van der Waals surface area (Å²) in [5, 5.41) is 0. The minimum absolute atomic E-state index is 0.157. The van der Waals surface area contributed by atoms with E-state index in [9.17, 15) is 0 Å². The highest BCUT2D eigenvalue weighted by atomic mass is 16.5. The summed E-state index contributed by atoms with van der Waals surface area (Å²) in [6.45, 7) is 6.15. The zero-order valence-electron chi connectivity index (χ0n) is 12.9. The van der Waals surface area contributed by atoms with E-state index in [1.807, 2.05) is 36.4 Å². The van der Waals surface area contributed by atoms with E-state index >= 15 is 0 Å². The lowest BCUT2D eigenvalue weighted by Crippen LogP contribution is -2.22. The van der Waals surface area contributed by atoms with Gasteiger partial charge in [-0.2, -0.15) is 0 Å². The summed E-state index contributed by atoms with van der Waals surface area (Å²) in [6, 6.07) is 18.4. The molecule has 0 saturated carbocycles. The summed E-state index contributed by atoms with van der Waals surface area (Å²) < 4.78 is 5.80. The molecule has 21 heavy (non-hydrogen) atoms. The van der Waals surface area contributed by atoms with Crippen LogP contribution in [0.15, 0.2) is 66.7 Å². The maximum atomic E-state index is 5.80. The summed E-state index contributed by atoms with van der Waals surface area (Å²) >= 11 is 0. The second-order valence-corrected chi connectivity index (χ2v) is 5.91. The van der Waals surface area contributed by atoms with E-state index < -0.39 is 0 Å². The van der Waals surface area contributed by atoms with Gasteiger partial charge >= 0.3 is 0 Å². The van der Waals surface area contributed by atoms with E-state index in [-0.39, 0.29) is 5.60 Å². The van der Waals surface area contributed by atoms with Gasteiger partial charge in [0.1, 0.15) is 11.4 Å². The third-order valence-corrected chi connectivity index (χ3v) is 2.79. The lowest BCUT2D eigenvalue weighted by atomic mass is 10.1. The average Bonchev–Trinajstić information content (AvgIpc) is 2.45. The van der Waals surface area contributed by atoms with Gasteiger partial charge in [0.2, 0.25) is 0 Å². The van der Waals surface area contributed by atoms with Crippen LogP contribution in [0.5, 0.6) is 5.75 Å². The summed E-state index contributed by atoms with van der Waals surface area (Å²) in [5.41, 5.74) is 2.21. The normalized spacial score (nSPS) is 12.1. The largest absolute Gasteiger partial charge is 0.488 e. The van der Waals surface area contributed by atoms with Gasteiger partial charge in [-0.25, -0.2) is 0 Å². The molecule has 0 aromatic heterocycles. The van der Waals surface area contributed by atoms with Crippen LogP contribution in [0, 0.1) is 0 Å². The van der Waals surface area contributed by atoms with Crippen molar-refractivity contribution in [1.29, 1.82) is 0 Å². The van der Waals surface area contributed by atoms with Crippen LogP contribution in [0.4, 0.5) is 0 Å². The molecule has 2 rings (SSSR count). The van der Waals surface area contributed by atoms with Gasteiger partial charge in [-0.15, -0.1) is 0 Å². The van der Waals surface area contributed by atoms with E-state index in [4.69, 9.17) is 4.74 Å². The Morgan fingerprint density at radius 1 is 0.714 bits per heavy atom. The van der Waals surface area contributed by atoms with Gasteiger partial charge in [0, 0.05) is 0 Å². The molecule has 1 heteroatoms. The number of ether oxygens (including phenoxy) is 1. The van der Waals surface area contributed by atoms with Crippen molar-refractivity contribution in [3.05, 3.63) is 77.9 Å². The smallest absolute Gasteiger partial charge is 0.120 e. The summed E-state index contributed by atoms with van der Waals surface area (Å²) in [6.07, 6.45) is 8.27. The van der Waals surface area contributed by atoms with E-state index in [1.54, 1.807) is 0 Å². The van der Waals surface area contributed by atoms with E-state index in [0.29, 0.717) is 0 Å². The highest BCUT2D eigenvalue weighted by molar-refractivity contribution is 5.57. The molecule has 1 nitrogen and oxygen atoms in total. The SMILES string of the molecule is CC(C)(C)Oc1ccc(C=CC=Cc2ccccc2)cc1. The Balaban J connectivity index is 1.94. The monoisotopic (exact) mass is 278 g/mol. The molecule has 108 valence electrons. The molecule has 0 heterocycles. The van der Waals surface area contributed by atoms with Crippen molar-refractivity contribution in [2.45, 2.75) is 26.4 Å². The van der Waals surface area contributed by atoms with Gasteiger partial charge in [0.25, 0.3) is 0 Å². The van der Waals surface area contributed by atoms with Crippen LogP contribution in [0.3, 0.4) is 0 Å². The first-order valence-electron chi connectivity index (χ1n) is 7.22. The van der Waals surface area contributed by atoms with E-state index in [0.717, 1.165) is 11.3 Å². The first-order valence-corrected chi connectivity index (χ1v) is 7.22. The fraction of sp³-hybridized carbons (Fsp3) is 0.200. The van der Waals surface area contributed by atoms with Crippen molar-refractivity contribution < 1.29 is 4.74 Å². The van der Waals surface area contributed by atoms with E-state index in [1.165, 1.54) is 5.56 Å². The minimum atomic E-state index is -0.157. The molecule has 0 radical (unpaired) electrons. The third kappa shape index (κ3) is 5.70. The van der Waals surface area contributed by atoms with Crippen LogP contribution < -0.4 is 4.74 Å². The van der Waals surface area contributed by atoms with Crippen molar-refractivity contribution in [1.82, 2.24) is 0 Å². The van der Waals surface area contributed by atoms with Crippen LogP contribution in [0.25, 0.3) is 12.2 Å². The van der Waals surface area contributed by atoms with Gasteiger partial charge < -0.3 is 4.74 Å². The highest BCUT2D eigenvalue weighted by Crippen LogP contribution is 2.19. The zero-order valence-corrected chi connectivity index (χ0v) is 12.9. The Hall–Kier alpha value is -2.28. The van der Waals surface area contributed by atoms with Gasteiger partial charge in [-0.1, -0.05) is 66.8 Å². The fourth-order valence-electron chi connectivity index (χ4n) is 1.90. The number of hydrogen-bond donors (Lipinski definition) is 0. The lowest BCUT2D eigenvalue weighted by Gasteiger charge is -2.21. The van der Waals surface area contributed by atoms with Gasteiger partial charge in [-0.05, 0) is 44.0 Å². The van der Waals surface area contributed by atoms with Crippen LogP contribution in [-0.2, 0) is 0 Å². The molecule has 0 atom stereocenters. The van der Waals surface area contributed by atoms with Crippen molar-refractivity contribution in [2.24, 2.45) is 0 Å². The molecule has 0 aliphatic carbocycles. The molecular weight excluding hydrogens is 256 g/mol.